The molecule has 1 aliphatic rings. The summed E-state index contributed by atoms with van der Waals surface area (Å²) in [5.41, 5.74) is 5.52. The first-order valence-electron chi connectivity index (χ1n) is 6.24. The quantitative estimate of drug-likeness (QED) is 0.683. The van der Waals surface area contributed by atoms with Gasteiger partial charge in [-0.3, -0.25) is 9.59 Å². The van der Waals surface area contributed by atoms with Crippen molar-refractivity contribution in [3.8, 4) is 11.5 Å². The van der Waals surface area contributed by atoms with Crippen molar-refractivity contribution < 1.29 is 24.2 Å². The molecule has 7 heteroatoms. The van der Waals surface area contributed by atoms with Gasteiger partial charge in [0, 0.05) is 13.0 Å². The molecule has 20 heavy (non-hydrogen) atoms. The van der Waals surface area contributed by atoms with Crippen LogP contribution in [0.25, 0.3) is 0 Å². The number of nitrogens with two attached hydrogens (primary N) is 1. The molecule has 1 unspecified atom stereocenters. The lowest BCUT2D eigenvalue weighted by molar-refractivity contribution is -0.124. The maximum absolute atomic E-state index is 12.0. The Bertz CT molecular complexity index is 517. The number of carbonyl (C=O) groups excluding carboxylic acids is 2. The first-order valence-corrected chi connectivity index (χ1v) is 6.24. The molecule has 4 N–H and O–H groups in total. The number of carbonyl (C=O) groups is 2. The van der Waals surface area contributed by atoms with Crippen molar-refractivity contribution in [2.24, 2.45) is 5.73 Å². The van der Waals surface area contributed by atoms with Gasteiger partial charge >= 0.3 is 0 Å². The summed E-state index contributed by atoms with van der Waals surface area (Å²) in [6.07, 6.45) is -0.450. The van der Waals surface area contributed by atoms with E-state index in [1.54, 1.807) is 18.2 Å². The third kappa shape index (κ3) is 3.00. The zero-order valence-corrected chi connectivity index (χ0v) is 10.8. The number of hydrogen-bond donors (Lipinski definition) is 3. The molecule has 1 atom stereocenters. The number of amides is 2. The van der Waals surface area contributed by atoms with Gasteiger partial charge in [-0.15, -0.1) is 0 Å². The third-order valence-electron chi connectivity index (χ3n) is 2.83. The van der Waals surface area contributed by atoms with Crippen molar-refractivity contribution in [3.05, 3.63) is 23.8 Å². The Morgan fingerprint density at radius 2 is 2.25 bits per heavy atom. The molecule has 0 spiro atoms. The summed E-state index contributed by atoms with van der Waals surface area (Å²) in [4.78, 5) is 23.2. The SMILES string of the molecule is NC(=O)C1CCOc2c(cccc2C(=O)NCCO)O1. The predicted molar refractivity (Wildman–Crippen MR) is 69.6 cm³/mol. The first-order chi connectivity index (χ1) is 9.63. The largest absolute Gasteiger partial charge is 0.489 e. The molecule has 0 fully saturated rings. The van der Waals surface area contributed by atoms with Crippen molar-refractivity contribution in [1.82, 2.24) is 5.32 Å². The molecular weight excluding hydrogens is 264 g/mol. The topological polar surface area (TPSA) is 111 Å². The molecule has 1 aromatic rings. The molecule has 0 saturated carbocycles. The van der Waals surface area contributed by atoms with Crippen LogP contribution in [-0.4, -0.2) is 42.8 Å². The fourth-order valence-corrected chi connectivity index (χ4v) is 1.88. The Kier molecular flexibility index (Phi) is 4.41. The standard InChI is InChI=1S/C13H16N2O5/c14-12(17)10-4-7-19-11-8(13(18)15-5-6-16)2-1-3-9(11)20-10/h1-3,10,16H,4-7H2,(H2,14,17)(H,15,18). The molecule has 2 amide bonds. The van der Waals surface area contributed by atoms with Crippen LogP contribution in [0.3, 0.4) is 0 Å². The second kappa shape index (κ2) is 6.25. The van der Waals surface area contributed by atoms with E-state index in [-0.39, 0.29) is 31.4 Å². The second-order valence-electron chi connectivity index (χ2n) is 4.26. The van der Waals surface area contributed by atoms with E-state index in [0.717, 1.165) is 0 Å². The summed E-state index contributed by atoms with van der Waals surface area (Å²) in [6, 6.07) is 4.82. The van der Waals surface area contributed by atoms with Crippen LogP contribution in [-0.2, 0) is 4.79 Å². The summed E-state index contributed by atoms with van der Waals surface area (Å²) in [6.45, 7) is 0.222. The molecule has 7 nitrogen and oxygen atoms in total. The van der Waals surface area contributed by atoms with Crippen molar-refractivity contribution in [3.63, 3.8) is 0 Å². The highest BCUT2D eigenvalue weighted by Crippen LogP contribution is 2.34. The predicted octanol–water partition coefficient (Wildman–Crippen LogP) is -0.576. The molecule has 108 valence electrons. The number of fused-ring (bicyclic) bond motifs is 1. The van der Waals surface area contributed by atoms with Gasteiger partial charge in [0.25, 0.3) is 11.8 Å². The Hall–Kier alpha value is -2.28. The maximum atomic E-state index is 12.0. The number of para-hydroxylation sites is 1. The highest BCUT2D eigenvalue weighted by Gasteiger charge is 2.26. The zero-order valence-electron chi connectivity index (χ0n) is 10.8. The van der Waals surface area contributed by atoms with Crippen LogP contribution in [0.4, 0.5) is 0 Å². The van der Waals surface area contributed by atoms with Crippen LogP contribution >= 0.6 is 0 Å². The van der Waals surface area contributed by atoms with Crippen molar-refractivity contribution in [1.29, 1.82) is 0 Å². The lowest BCUT2D eigenvalue weighted by Crippen LogP contribution is -2.33. The molecule has 2 rings (SSSR count). The van der Waals surface area contributed by atoms with Gasteiger partial charge in [-0.1, -0.05) is 6.07 Å². The number of primary amides is 1. The van der Waals surface area contributed by atoms with Gasteiger partial charge in [0.2, 0.25) is 0 Å². The van der Waals surface area contributed by atoms with Crippen molar-refractivity contribution in [2.75, 3.05) is 19.8 Å². The monoisotopic (exact) mass is 280 g/mol. The van der Waals surface area contributed by atoms with Crippen LogP contribution in [0.5, 0.6) is 11.5 Å². The van der Waals surface area contributed by atoms with Gasteiger partial charge in [0.1, 0.15) is 0 Å². The van der Waals surface area contributed by atoms with Crippen LogP contribution in [0.15, 0.2) is 18.2 Å². The van der Waals surface area contributed by atoms with Gasteiger partial charge in [0.15, 0.2) is 17.6 Å². The normalized spacial score (nSPS) is 17.1. The first kappa shape index (κ1) is 14.1. The third-order valence-corrected chi connectivity index (χ3v) is 2.83. The number of benzene rings is 1. The highest BCUT2D eigenvalue weighted by molar-refractivity contribution is 5.97. The molecule has 1 aromatic carbocycles. The number of nitrogens with one attached hydrogen (secondary N) is 1. The van der Waals surface area contributed by atoms with Crippen LogP contribution in [0.2, 0.25) is 0 Å². The average Bonchev–Trinajstić information content (AvgIpc) is 2.66. The highest BCUT2D eigenvalue weighted by atomic mass is 16.5. The Labute approximate surface area is 115 Å². The number of rotatable bonds is 4. The maximum Gasteiger partial charge on any atom is 0.258 e. The second-order valence-corrected chi connectivity index (χ2v) is 4.26. The van der Waals surface area contributed by atoms with Crippen LogP contribution in [0, 0.1) is 0 Å². The Morgan fingerprint density at radius 3 is 2.95 bits per heavy atom. The summed E-state index contributed by atoms with van der Waals surface area (Å²) in [5.74, 6) is -0.358. The summed E-state index contributed by atoms with van der Waals surface area (Å²) >= 11 is 0. The lowest BCUT2D eigenvalue weighted by atomic mass is 10.1. The van der Waals surface area contributed by atoms with E-state index in [2.05, 4.69) is 5.32 Å². The Balaban J connectivity index is 2.27. The minimum atomic E-state index is -0.771. The summed E-state index contributed by atoms with van der Waals surface area (Å²) < 4.78 is 11.0. The van der Waals surface area contributed by atoms with Gasteiger partial charge in [-0.2, -0.15) is 0 Å². The molecule has 0 aliphatic carbocycles. The molecular formula is C13H16N2O5. The van der Waals surface area contributed by atoms with E-state index in [1.165, 1.54) is 0 Å². The van der Waals surface area contributed by atoms with E-state index in [0.29, 0.717) is 17.7 Å². The number of aliphatic hydroxyl groups excluding tert-OH is 1. The number of hydrogen-bond acceptors (Lipinski definition) is 5. The molecule has 0 saturated heterocycles. The van der Waals surface area contributed by atoms with E-state index in [1.807, 2.05) is 0 Å². The zero-order chi connectivity index (χ0) is 14.5. The van der Waals surface area contributed by atoms with Gasteiger partial charge in [0.05, 0.1) is 18.8 Å². The Morgan fingerprint density at radius 1 is 1.45 bits per heavy atom. The summed E-state index contributed by atoms with van der Waals surface area (Å²) in [7, 11) is 0. The van der Waals surface area contributed by atoms with Gasteiger partial charge in [-0.25, -0.2) is 0 Å². The lowest BCUT2D eigenvalue weighted by Gasteiger charge is -2.14. The molecule has 1 heterocycles. The number of ether oxygens (including phenoxy) is 2. The van der Waals surface area contributed by atoms with Crippen LogP contribution in [0.1, 0.15) is 16.8 Å². The fraction of sp³-hybridized carbons (Fsp3) is 0.385. The minimum Gasteiger partial charge on any atom is -0.489 e. The molecule has 0 bridgehead atoms. The molecule has 0 radical (unpaired) electrons. The smallest absolute Gasteiger partial charge is 0.258 e. The van der Waals surface area contributed by atoms with Crippen molar-refractivity contribution >= 4 is 11.8 Å². The molecule has 1 aliphatic heterocycles. The van der Waals surface area contributed by atoms with Gasteiger partial charge in [-0.05, 0) is 12.1 Å². The van der Waals surface area contributed by atoms with E-state index in [9.17, 15) is 9.59 Å². The van der Waals surface area contributed by atoms with E-state index in [4.69, 9.17) is 20.3 Å². The van der Waals surface area contributed by atoms with E-state index < -0.39 is 12.0 Å². The molecule has 0 aromatic heterocycles. The van der Waals surface area contributed by atoms with E-state index >= 15 is 0 Å². The van der Waals surface area contributed by atoms with Crippen LogP contribution < -0.4 is 20.5 Å². The fourth-order valence-electron chi connectivity index (χ4n) is 1.88. The average molecular weight is 280 g/mol. The van der Waals surface area contributed by atoms with Crippen molar-refractivity contribution in [2.45, 2.75) is 12.5 Å². The summed E-state index contributed by atoms with van der Waals surface area (Å²) in [5, 5.41) is 11.3. The van der Waals surface area contributed by atoms with Gasteiger partial charge < -0.3 is 25.6 Å². The minimum absolute atomic E-state index is 0.146. The number of aliphatic hydroxyl groups is 1.